The second kappa shape index (κ2) is 6.36. The molecule has 0 fully saturated rings. The van der Waals surface area contributed by atoms with Crippen LogP contribution in [-0.4, -0.2) is 48.5 Å². The van der Waals surface area contributed by atoms with Gasteiger partial charge in [-0.1, -0.05) is 0 Å². The predicted molar refractivity (Wildman–Crippen MR) is 86.8 cm³/mol. The second-order valence-electron chi connectivity index (χ2n) is 5.05. The summed E-state index contributed by atoms with van der Waals surface area (Å²) in [6.45, 7) is 5.05. The van der Waals surface area contributed by atoms with Gasteiger partial charge in [-0.15, -0.1) is 11.3 Å². The molecule has 0 atom stereocenters. The van der Waals surface area contributed by atoms with Gasteiger partial charge in [0.15, 0.2) is 0 Å². The minimum atomic E-state index is -0.0183. The van der Waals surface area contributed by atoms with E-state index in [1.807, 2.05) is 19.0 Å². The number of nitrogens with one attached hydrogen (secondary N) is 2. The Morgan fingerprint density at radius 3 is 2.62 bits per heavy atom. The highest BCUT2D eigenvalue weighted by Crippen LogP contribution is 2.33. The van der Waals surface area contributed by atoms with Gasteiger partial charge in [0.1, 0.15) is 16.5 Å². The molecule has 114 valence electrons. The maximum Gasteiger partial charge on any atom is 0.233 e. The van der Waals surface area contributed by atoms with Crippen LogP contribution < -0.4 is 10.6 Å². The molecule has 2 aromatic rings. The van der Waals surface area contributed by atoms with E-state index in [-0.39, 0.29) is 5.91 Å². The SMILES string of the molecule is CNC(=O)CN(C)Cc1nc(NC)c2c(C)c(C)sc2n1. The van der Waals surface area contributed by atoms with E-state index in [0.29, 0.717) is 13.1 Å². The number of hydrogen-bond acceptors (Lipinski definition) is 6. The Hall–Kier alpha value is -1.73. The molecule has 0 aliphatic heterocycles. The first-order chi connectivity index (χ1) is 9.96. The van der Waals surface area contributed by atoms with Crippen molar-refractivity contribution in [3.05, 3.63) is 16.3 Å². The number of aryl methyl sites for hydroxylation is 2. The molecule has 2 N–H and O–H groups in total. The molecular formula is C14H21N5OS. The van der Waals surface area contributed by atoms with Crippen LogP contribution in [-0.2, 0) is 11.3 Å². The van der Waals surface area contributed by atoms with Crippen LogP contribution in [0.5, 0.6) is 0 Å². The molecule has 0 bridgehead atoms. The molecule has 0 aliphatic rings. The van der Waals surface area contributed by atoms with E-state index in [1.165, 1.54) is 10.4 Å². The summed E-state index contributed by atoms with van der Waals surface area (Å²) in [4.78, 5) is 24.7. The fourth-order valence-electron chi connectivity index (χ4n) is 2.17. The van der Waals surface area contributed by atoms with E-state index in [2.05, 4.69) is 34.4 Å². The summed E-state index contributed by atoms with van der Waals surface area (Å²) >= 11 is 1.68. The molecule has 0 saturated heterocycles. The fourth-order valence-corrected chi connectivity index (χ4v) is 3.21. The van der Waals surface area contributed by atoms with Gasteiger partial charge in [-0.2, -0.15) is 0 Å². The van der Waals surface area contributed by atoms with E-state index in [9.17, 15) is 4.79 Å². The van der Waals surface area contributed by atoms with Crippen molar-refractivity contribution in [1.82, 2.24) is 20.2 Å². The van der Waals surface area contributed by atoms with Crippen LogP contribution in [0.3, 0.4) is 0 Å². The molecule has 2 heterocycles. The molecule has 1 amide bonds. The van der Waals surface area contributed by atoms with Crippen molar-refractivity contribution in [2.75, 3.05) is 33.0 Å². The van der Waals surface area contributed by atoms with Gasteiger partial charge < -0.3 is 10.6 Å². The van der Waals surface area contributed by atoms with Crippen molar-refractivity contribution in [3.8, 4) is 0 Å². The van der Waals surface area contributed by atoms with Crippen LogP contribution in [0, 0.1) is 13.8 Å². The molecule has 2 aromatic heterocycles. The quantitative estimate of drug-likeness (QED) is 0.876. The summed E-state index contributed by atoms with van der Waals surface area (Å²) in [6.07, 6.45) is 0. The summed E-state index contributed by atoms with van der Waals surface area (Å²) in [7, 11) is 5.38. The topological polar surface area (TPSA) is 70.2 Å². The highest BCUT2D eigenvalue weighted by Gasteiger charge is 2.15. The van der Waals surface area contributed by atoms with Crippen LogP contribution >= 0.6 is 11.3 Å². The summed E-state index contributed by atoms with van der Waals surface area (Å²) in [5.74, 6) is 1.56. The Bertz CT molecular complexity index is 667. The number of carbonyl (C=O) groups excluding carboxylic acids is 1. The molecule has 6 nitrogen and oxygen atoms in total. The number of anilines is 1. The van der Waals surface area contributed by atoms with Crippen LogP contribution in [0.4, 0.5) is 5.82 Å². The Morgan fingerprint density at radius 1 is 1.29 bits per heavy atom. The number of thiophene rings is 1. The lowest BCUT2D eigenvalue weighted by atomic mass is 10.2. The molecule has 0 aliphatic carbocycles. The lowest BCUT2D eigenvalue weighted by Gasteiger charge is -2.15. The average molecular weight is 307 g/mol. The molecule has 0 aromatic carbocycles. The first-order valence-electron chi connectivity index (χ1n) is 6.79. The van der Waals surface area contributed by atoms with E-state index in [1.54, 1.807) is 18.4 Å². The molecule has 0 spiro atoms. The summed E-state index contributed by atoms with van der Waals surface area (Å²) in [5.41, 5.74) is 1.23. The zero-order valence-corrected chi connectivity index (χ0v) is 13.9. The minimum absolute atomic E-state index is 0.0183. The van der Waals surface area contributed by atoms with Crippen molar-refractivity contribution in [2.24, 2.45) is 0 Å². The van der Waals surface area contributed by atoms with Crippen LogP contribution in [0.15, 0.2) is 0 Å². The molecule has 0 saturated carbocycles. The molecule has 7 heteroatoms. The number of carbonyl (C=O) groups is 1. The van der Waals surface area contributed by atoms with Crippen molar-refractivity contribution >= 4 is 33.3 Å². The van der Waals surface area contributed by atoms with Gasteiger partial charge in [0, 0.05) is 19.0 Å². The van der Waals surface area contributed by atoms with E-state index < -0.39 is 0 Å². The number of aromatic nitrogens is 2. The second-order valence-corrected chi connectivity index (χ2v) is 6.25. The number of likely N-dealkylation sites (N-methyl/N-ethyl adjacent to an activating group) is 2. The molecule has 2 rings (SSSR count). The zero-order chi connectivity index (χ0) is 15.6. The average Bonchev–Trinajstić information content (AvgIpc) is 2.72. The third-order valence-electron chi connectivity index (χ3n) is 3.42. The molecule has 0 radical (unpaired) electrons. The van der Waals surface area contributed by atoms with Crippen molar-refractivity contribution in [1.29, 1.82) is 0 Å². The Kier molecular flexibility index (Phi) is 4.74. The number of fused-ring (bicyclic) bond motifs is 1. The van der Waals surface area contributed by atoms with Crippen LogP contribution in [0.25, 0.3) is 10.2 Å². The van der Waals surface area contributed by atoms with Gasteiger partial charge in [0.05, 0.1) is 18.5 Å². The standard InChI is InChI=1S/C14H21N5OS/c1-8-9(2)21-14-12(8)13(16-4)17-10(18-14)6-19(5)7-11(20)15-3/h6-7H2,1-5H3,(H,15,20)(H,16,17,18). The molecule has 21 heavy (non-hydrogen) atoms. The monoisotopic (exact) mass is 307 g/mol. The summed E-state index contributed by atoms with van der Waals surface area (Å²) in [6, 6.07) is 0. The Morgan fingerprint density at radius 2 is 2.00 bits per heavy atom. The van der Waals surface area contributed by atoms with Gasteiger partial charge in [-0.3, -0.25) is 9.69 Å². The van der Waals surface area contributed by atoms with Crippen molar-refractivity contribution in [2.45, 2.75) is 20.4 Å². The van der Waals surface area contributed by atoms with E-state index in [0.717, 1.165) is 21.9 Å². The zero-order valence-electron chi connectivity index (χ0n) is 13.1. The highest BCUT2D eigenvalue weighted by atomic mass is 32.1. The smallest absolute Gasteiger partial charge is 0.233 e. The third kappa shape index (κ3) is 3.30. The first kappa shape index (κ1) is 15.7. The molecule has 0 unspecified atom stereocenters. The molecular weight excluding hydrogens is 286 g/mol. The fraction of sp³-hybridized carbons (Fsp3) is 0.500. The number of amides is 1. The van der Waals surface area contributed by atoms with Gasteiger partial charge in [-0.25, -0.2) is 9.97 Å². The van der Waals surface area contributed by atoms with Gasteiger partial charge >= 0.3 is 0 Å². The Labute approximate surface area is 128 Å². The highest BCUT2D eigenvalue weighted by molar-refractivity contribution is 7.18. The van der Waals surface area contributed by atoms with Gasteiger partial charge in [0.2, 0.25) is 5.91 Å². The third-order valence-corrected chi connectivity index (χ3v) is 4.52. The normalized spacial score (nSPS) is 11.1. The maximum atomic E-state index is 11.4. The van der Waals surface area contributed by atoms with E-state index >= 15 is 0 Å². The lowest BCUT2D eigenvalue weighted by Crippen LogP contribution is -2.33. The van der Waals surface area contributed by atoms with Crippen molar-refractivity contribution < 1.29 is 4.79 Å². The number of rotatable bonds is 5. The minimum Gasteiger partial charge on any atom is -0.372 e. The van der Waals surface area contributed by atoms with Crippen LogP contribution in [0.2, 0.25) is 0 Å². The first-order valence-corrected chi connectivity index (χ1v) is 7.61. The largest absolute Gasteiger partial charge is 0.372 e. The maximum absolute atomic E-state index is 11.4. The number of hydrogen-bond donors (Lipinski definition) is 2. The van der Waals surface area contributed by atoms with E-state index in [4.69, 9.17) is 0 Å². The summed E-state index contributed by atoms with van der Waals surface area (Å²) < 4.78 is 0. The predicted octanol–water partition coefficient (Wildman–Crippen LogP) is 1.53. The summed E-state index contributed by atoms with van der Waals surface area (Å²) in [5, 5.41) is 6.86. The van der Waals surface area contributed by atoms with Crippen molar-refractivity contribution in [3.63, 3.8) is 0 Å². The Balaban J connectivity index is 2.31. The number of nitrogens with zero attached hydrogens (tertiary/aromatic N) is 3. The van der Waals surface area contributed by atoms with Gasteiger partial charge in [-0.05, 0) is 26.5 Å². The van der Waals surface area contributed by atoms with Gasteiger partial charge in [0.25, 0.3) is 0 Å². The lowest BCUT2D eigenvalue weighted by molar-refractivity contribution is -0.121. The van der Waals surface area contributed by atoms with Crippen LogP contribution in [0.1, 0.15) is 16.3 Å².